The van der Waals surface area contributed by atoms with Crippen molar-refractivity contribution in [2.24, 2.45) is 0 Å². The Hall–Kier alpha value is -2.89. The normalized spacial score (nSPS) is 14.5. The lowest BCUT2D eigenvalue weighted by atomic mass is 10.1. The summed E-state index contributed by atoms with van der Waals surface area (Å²) in [4.78, 5) is 17.0. The highest BCUT2D eigenvalue weighted by Gasteiger charge is 2.18. The van der Waals surface area contributed by atoms with E-state index in [1.54, 1.807) is 30.3 Å². The fraction of sp³-hybridized carbons (Fsp3) is 0.208. The molecule has 1 heterocycles. The highest BCUT2D eigenvalue weighted by molar-refractivity contribution is 6.34. The quantitative estimate of drug-likeness (QED) is 0.623. The zero-order valence-corrected chi connectivity index (χ0v) is 17.3. The van der Waals surface area contributed by atoms with Crippen molar-refractivity contribution in [3.63, 3.8) is 0 Å². The van der Waals surface area contributed by atoms with Crippen LogP contribution < -0.4 is 10.2 Å². The Morgan fingerprint density at radius 1 is 0.900 bits per heavy atom. The summed E-state index contributed by atoms with van der Waals surface area (Å²) in [6.07, 6.45) is 0. The van der Waals surface area contributed by atoms with Crippen LogP contribution in [0, 0.1) is 5.82 Å². The molecule has 3 aromatic carbocycles. The number of nitrogens with one attached hydrogen (secondary N) is 1. The van der Waals surface area contributed by atoms with Crippen LogP contribution in [0.15, 0.2) is 72.8 Å². The number of benzene rings is 3. The maximum Gasteiger partial charge on any atom is 0.257 e. The van der Waals surface area contributed by atoms with Crippen molar-refractivity contribution in [1.29, 1.82) is 0 Å². The molecular formula is C24H23ClFN3O. The van der Waals surface area contributed by atoms with Gasteiger partial charge in [-0.25, -0.2) is 4.39 Å². The van der Waals surface area contributed by atoms with Crippen LogP contribution in [0.25, 0.3) is 0 Å². The SMILES string of the molecule is O=C(Nc1ccc(N2CCN(Cc3ccccc3F)CC2)cc1)c1ccccc1Cl. The molecule has 0 saturated carbocycles. The number of hydrogen-bond donors (Lipinski definition) is 1. The molecule has 1 aliphatic rings. The minimum atomic E-state index is -0.227. The standard InChI is InChI=1S/C24H23ClFN3O/c25-22-7-3-2-6-21(22)24(30)27-19-9-11-20(12-10-19)29-15-13-28(14-16-29)17-18-5-1-4-8-23(18)26/h1-12H,13-17H2,(H,27,30). The molecular weight excluding hydrogens is 401 g/mol. The van der Waals surface area contributed by atoms with Crippen LogP contribution in [0.5, 0.6) is 0 Å². The van der Waals surface area contributed by atoms with Crippen molar-refractivity contribution in [1.82, 2.24) is 4.90 Å². The molecule has 0 bridgehead atoms. The number of amides is 1. The van der Waals surface area contributed by atoms with Crippen molar-refractivity contribution in [2.45, 2.75) is 6.54 Å². The van der Waals surface area contributed by atoms with E-state index in [0.29, 0.717) is 17.1 Å². The predicted molar refractivity (Wildman–Crippen MR) is 120 cm³/mol. The molecule has 154 valence electrons. The molecule has 1 aliphatic heterocycles. The zero-order valence-electron chi connectivity index (χ0n) is 16.5. The molecule has 1 amide bonds. The minimum Gasteiger partial charge on any atom is -0.369 e. The second-order valence-corrected chi connectivity index (χ2v) is 7.74. The highest BCUT2D eigenvalue weighted by Crippen LogP contribution is 2.22. The first-order chi connectivity index (χ1) is 14.6. The van der Waals surface area contributed by atoms with Crippen molar-refractivity contribution in [3.8, 4) is 0 Å². The molecule has 30 heavy (non-hydrogen) atoms. The maximum absolute atomic E-state index is 13.9. The van der Waals surface area contributed by atoms with Crippen molar-refractivity contribution < 1.29 is 9.18 Å². The number of anilines is 2. The van der Waals surface area contributed by atoms with E-state index in [0.717, 1.165) is 43.1 Å². The summed E-state index contributed by atoms with van der Waals surface area (Å²) < 4.78 is 13.9. The van der Waals surface area contributed by atoms with Gasteiger partial charge in [0.15, 0.2) is 0 Å². The van der Waals surface area contributed by atoms with Crippen molar-refractivity contribution in [2.75, 3.05) is 36.4 Å². The van der Waals surface area contributed by atoms with Crippen LogP contribution in [0.2, 0.25) is 5.02 Å². The molecule has 6 heteroatoms. The summed E-state index contributed by atoms with van der Waals surface area (Å²) >= 11 is 6.09. The number of rotatable bonds is 5. The summed E-state index contributed by atoms with van der Waals surface area (Å²) in [5, 5.41) is 3.31. The van der Waals surface area contributed by atoms with Gasteiger partial charge in [0.25, 0.3) is 5.91 Å². The van der Waals surface area contributed by atoms with Crippen LogP contribution >= 0.6 is 11.6 Å². The Bertz CT molecular complexity index is 1020. The lowest BCUT2D eigenvalue weighted by Gasteiger charge is -2.36. The van der Waals surface area contributed by atoms with Gasteiger partial charge < -0.3 is 10.2 Å². The van der Waals surface area contributed by atoms with E-state index in [2.05, 4.69) is 15.1 Å². The molecule has 1 fully saturated rings. The van der Waals surface area contributed by atoms with Crippen LogP contribution in [0.1, 0.15) is 15.9 Å². The molecule has 0 atom stereocenters. The van der Waals surface area contributed by atoms with E-state index in [4.69, 9.17) is 11.6 Å². The van der Waals surface area contributed by atoms with Gasteiger partial charge in [0.05, 0.1) is 10.6 Å². The van der Waals surface area contributed by atoms with Gasteiger partial charge in [0, 0.05) is 49.7 Å². The number of nitrogens with zero attached hydrogens (tertiary/aromatic N) is 2. The first-order valence-corrected chi connectivity index (χ1v) is 10.3. The lowest BCUT2D eigenvalue weighted by molar-refractivity contribution is 0.102. The number of carbonyl (C=O) groups excluding carboxylic acids is 1. The number of hydrogen-bond acceptors (Lipinski definition) is 3. The van der Waals surface area contributed by atoms with E-state index in [-0.39, 0.29) is 11.7 Å². The molecule has 1 N–H and O–H groups in total. The lowest BCUT2D eigenvalue weighted by Crippen LogP contribution is -2.46. The first-order valence-electron chi connectivity index (χ1n) is 9.97. The van der Waals surface area contributed by atoms with Crippen molar-refractivity contribution >= 4 is 28.9 Å². The van der Waals surface area contributed by atoms with Gasteiger partial charge >= 0.3 is 0 Å². The Kier molecular flexibility index (Phi) is 6.31. The first kappa shape index (κ1) is 20.4. The third-order valence-corrected chi connectivity index (χ3v) is 5.66. The Labute approximate surface area is 180 Å². The molecule has 0 spiro atoms. The summed E-state index contributed by atoms with van der Waals surface area (Å²) in [6, 6.07) is 21.8. The predicted octanol–water partition coefficient (Wildman–Crippen LogP) is 5.05. The van der Waals surface area contributed by atoms with Gasteiger partial charge in [0.1, 0.15) is 5.82 Å². The zero-order chi connectivity index (χ0) is 20.9. The van der Waals surface area contributed by atoms with E-state index in [9.17, 15) is 9.18 Å². The minimum absolute atomic E-state index is 0.144. The fourth-order valence-electron chi connectivity index (χ4n) is 3.63. The molecule has 0 radical (unpaired) electrons. The molecule has 0 aliphatic carbocycles. The van der Waals surface area contributed by atoms with Crippen LogP contribution in [0.3, 0.4) is 0 Å². The Morgan fingerprint density at radius 3 is 2.27 bits per heavy atom. The summed E-state index contributed by atoms with van der Waals surface area (Å²) in [5.74, 6) is -0.371. The molecule has 0 unspecified atom stereocenters. The van der Waals surface area contributed by atoms with Crippen LogP contribution in [0.4, 0.5) is 15.8 Å². The van der Waals surface area contributed by atoms with E-state index < -0.39 is 0 Å². The monoisotopic (exact) mass is 423 g/mol. The van der Waals surface area contributed by atoms with E-state index >= 15 is 0 Å². The van der Waals surface area contributed by atoms with Gasteiger partial charge in [-0.1, -0.05) is 41.9 Å². The van der Waals surface area contributed by atoms with Gasteiger partial charge in [-0.15, -0.1) is 0 Å². The Balaban J connectivity index is 1.32. The molecule has 0 aromatic heterocycles. The topological polar surface area (TPSA) is 35.6 Å². The van der Waals surface area contributed by atoms with Crippen LogP contribution in [-0.2, 0) is 6.54 Å². The molecule has 1 saturated heterocycles. The van der Waals surface area contributed by atoms with E-state index in [1.807, 2.05) is 36.4 Å². The molecule has 3 aromatic rings. The smallest absolute Gasteiger partial charge is 0.257 e. The second-order valence-electron chi connectivity index (χ2n) is 7.34. The van der Waals surface area contributed by atoms with Crippen LogP contribution in [-0.4, -0.2) is 37.0 Å². The van der Waals surface area contributed by atoms with Crippen molar-refractivity contribution in [3.05, 3.63) is 94.8 Å². The average molecular weight is 424 g/mol. The summed E-state index contributed by atoms with van der Waals surface area (Å²) in [7, 11) is 0. The number of piperazine rings is 1. The van der Waals surface area contributed by atoms with Gasteiger partial charge in [-0.3, -0.25) is 9.69 Å². The molecule has 4 nitrogen and oxygen atoms in total. The highest BCUT2D eigenvalue weighted by atomic mass is 35.5. The fourth-order valence-corrected chi connectivity index (χ4v) is 3.85. The summed E-state index contributed by atoms with van der Waals surface area (Å²) in [6.45, 7) is 4.13. The number of halogens is 2. The largest absolute Gasteiger partial charge is 0.369 e. The average Bonchev–Trinajstić information content (AvgIpc) is 2.77. The maximum atomic E-state index is 13.9. The summed E-state index contributed by atoms with van der Waals surface area (Å²) in [5.41, 5.74) is 3.02. The van der Waals surface area contributed by atoms with Gasteiger partial charge in [-0.05, 0) is 42.5 Å². The Morgan fingerprint density at radius 2 is 1.57 bits per heavy atom. The third-order valence-electron chi connectivity index (χ3n) is 5.33. The van der Waals surface area contributed by atoms with Gasteiger partial charge in [0.2, 0.25) is 0 Å². The molecule has 4 rings (SSSR count). The van der Waals surface area contributed by atoms with E-state index in [1.165, 1.54) is 6.07 Å². The second kappa shape index (κ2) is 9.28. The number of carbonyl (C=O) groups is 1. The van der Waals surface area contributed by atoms with Gasteiger partial charge in [-0.2, -0.15) is 0 Å². The third kappa shape index (κ3) is 4.81.